The molecule has 1 aromatic heterocycles. The Kier molecular flexibility index (Phi) is 5.15. The lowest BCUT2D eigenvalue weighted by atomic mass is 9.34. The van der Waals surface area contributed by atoms with Crippen LogP contribution in [0, 0.1) is 5.92 Å². The van der Waals surface area contributed by atoms with Crippen molar-refractivity contribution < 1.29 is 4.74 Å². The topological polar surface area (TPSA) is 12.5 Å². The Bertz CT molecular complexity index is 1830. The van der Waals surface area contributed by atoms with Crippen LogP contribution >= 0.6 is 11.3 Å². The number of hydrogen-bond donors (Lipinski definition) is 0. The molecular weight excluding hydrogens is 541 g/mol. The molecule has 6 aliphatic rings. The van der Waals surface area contributed by atoms with E-state index in [1.807, 2.05) is 0 Å². The SMILES string of the molecule is CC(C)(C)c1ccc2c3c(sc2c1)N(C12CCC(CC1)CC2)c1cccc2c1B3c1cc3c(cc1O2)C(C)(C)CC3(C)C. The number of rotatable bonds is 1. The molecule has 3 saturated carbocycles. The predicted molar refractivity (Wildman–Crippen MR) is 185 cm³/mol. The zero-order valence-corrected chi connectivity index (χ0v) is 27.8. The lowest BCUT2D eigenvalue weighted by Gasteiger charge is -2.55. The van der Waals surface area contributed by atoms with Crippen molar-refractivity contribution in [3.8, 4) is 11.5 Å². The van der Waals surface area contributed by atoms with E-state index in [2.05, 4.69) is 113 Å². The van der Waals surface area contributed by atoms with Crippen LogP contribution in [0.5, 0.6) is 11.5 Å². The first-order chi connectivity index (χ1) is 20.4. The number of hydrogen-bond acceptors (Lipinski definition) is 3. The minimum absolute atomic E-state index is 0.124. The molecule has 4 aromatic rings. The molecule has 2 nitrogen and oxygen atoms in total. The molecule has 0 spiro atoms. The molecular formula is C39H44BNOS. The summed E-state index contributed by atoms with van der Waals surface area (Å²) in [5, 5.41) is 2.95. The van der Waals surface area contributed by atoms with Gasteiger partial charge in [0.05, 0.1) is 5.00 Å². The van der Waals surface area contributed by atoms with Gasteiger partial charge in [-0.1, -0.05) is 72.7 Å². The maximum absolute atomic E-state index is 6.97. The van der Waals surface area contributed by atoms with Gasteiger partial charge in [-0.25, -0.2) is 0 Å². The summed E-state index contributed by atoms with van der Waals surface area (Å²) < 4.78 is 8.41. The van der Waals surface area contributed by atoms with Gasteiger partial charge < -0.3 is 9.64 Å². The Morgan fingerprint density at radius 2 is 1.53 bits per heavy atom. The highest BCUT2D eigenvalue weighted by atomic mass is 32.1. The summed E-state index contributed by atoms with van der Waals surface area (Å²) in [6.07, 6.45) is 9.21. The van der Waals surface area contributed by atoms with Crippen molar-refractivity contribution in [2.45, 2.75) is 115 Å². The van der Waals surface area contributed by atoms with Gasteiger partial charge in [-0.3, -0.25) is 0 Å². The first kappa shape index (κ1) is 26.7. The Hall–Kier alpha value is -2.72. The Morgan fingerprint density at radius 1 is 0.837 bits per heavy atom. The molecule has 0 saturated heterocycles. The summed E-state index contributed by atoms with van der Waals surface area (Å²) in [4.78, 5) is 2.86. The number of thiophene rings is 1. The lowest BCUT2D eigenvalue weighted by molar-refractivity contribution is 0.141. The number of anilines is 2. The first-order valence-corrected chi connectivity index (χ1v) is 17.5. The van der Waals surface area contributed by atoms with Crippen LogP contribution in [0.1, 0.15) is 110 Å². The van der Waals surface area contributed by atoms with Crippen LogP contribution in [0.25, 0.3) is 10.1 Å². The maximum atomic E-state index is 6.97. The first-order valence-electron chi connectivity index (χ1n) is 16.7. The van der Waals surface area contributed by atoms with Crippen LogP contribution < -0.4 is 26.0 Å². The summed E-state index contributed by atoms with van der Waals surface area (Å²) in [5.41, 5.74) is 10.7. The Morgan fingerprint density at radius 3 is 2.23 bits per heavy atom. The van der Waals surface area contributed by atoms with Gasteiger partial charge in [0.25, 0.3) is 6.71 Å². The standard InChI is InChI=1S/C39H44BNOS/c1-36(2,3)24-11-12-25-32(19-24)43-35-33(25)40-28-20-26-27(38(6,7)22-37(26,4)5)21-31(28)42-30-10-8-9-29(34(30)40)41(35)39-16-13-23(14-17-39)15-18-39/h8-12,19-21,23H,13-18,22H2,1-7H3. The zero-order chi connectivity index (χ0) is 29.7. The lowest BCUT2D eigenvalue weighted by Crippen LogP contribution is -2.64. The Balaban J connectivity index is 1.35. The van der Waals surface area contributed by atoms with E-state index in [4.69, 9.17) is 4.74 Å². The highest BCUT2D eigenvalue weighted by Crippen LogP contribution is 2.55. The number of benzene rings is 3. The zero-order valence-electron chi connectivity index (χ0n) is 27.0. The van der Waals surface area contributed by atoms with Gasteiger partial charge in [0, 0.05) is 15.9 Å². The van der Waals surface area contributed by atoms with Crippen molar-refractivity contribution in [3.05, 3.63) is 65.2 Å². The van der Waals surface area contributed by atoms with Gasteiger partial charge in [-0.2, -0.15) is 0 Å². The molecule has 4 aliphatic carbocycles. The van der Waals surface area contributed by atoms with Crippen LogP contribution in [-0.4, -0.2) is 12.3 Å². The average molecular weight is 586 g/mol. The molecule has 2 bridgehead atoms. The predicted octanol–water partition coefficient (Wildman–Crippen LogP) is 8.95. The van der Waals surface area contributed by atoms with E-state index < -0.39 is 0 Å². The highest BCUT2D eigenvalue weighted by Gasteiger charge is 2.53. The van der Waals surface area contributed by atoms with Crippen molar-refractivity contribution in [1.29, 1.82) is 0 Å². The van der Waals surface area contributed by atoms with Gasteiger partial charge in [0.15, 0.2) is 0 Å². The molecule has 2 aliphatic heterocycles. The van der Waals surface area contributed by atoms with Crippen LogP contribution in [-0.2, 0) is 16.2 Å². The molecule has 0 amide bonds. The monoisotopic (exact) mass is 585 g/mol. The summed E-state index contributed by atoms with van der Waals surface area (Å²) in [5.74, 6) is 3.07. The van der Waals surface area contributed by atoms with E-state index >= 15 is 0 Å². The third-order valence-electron chi connectivity index (χ3n) is 12.2. The van der Waals surface area contributed by atoms with E-state index in [0.29, 0.717) is 0 Å². The quantitative estimate of drug-likeness (QED) is 0.182. The third kappa shape index (κ3) is 3.54. The second kappa shape index (κ2) is 8.30. The minimum atomic E-state index is 0.124. The molecule has 3 aromatic carbocycles. The van der Waals surface area contributed by atoms with E-state index in [1.54, 1.807) is 0 Å². The fourth-order valence-corrected chi connectivity index (χ4v) is 11.6. The van der Waals surface area contributed by atoms with E-state index in [9.17, 15) is 0 Å². The van der Waals surface area contributed by atoms with Crippen LogP contribution in [0.15, 0.2) is 48.5 Å². The maximum Gasteiger partial charge on any atom is 0.258 e. The molecule has 3 fully saturated rings. The van der Waals surface area contributed by atoms with Crippen LogP contribution in [0.4, 0.5) is 10.7 Å². The summed E-state index contributed by atoms with van der Waals surface area (Å²) >= 11 is 2.06. The van der Waals surface area contributed by atoms with Gasteiger partial charge in [-0.15, -0.1) is 11.3 Å². The summed E-state index contributed by atoms with van der Waals surface area (Å²) in [7, 11) is 0. The van der Waals surface area contributed by atoms with Gasteiger partial charge >= 0.3 is 0 Å². The summed E-state index contributed by atoms with van der Waals surface area (Å²) in [6, 6.07) is 19.3. The molecule has 4 heteroatoms. The van der Waals surface area contributed by atoms with Crippen molar-refractivity contribution in [2.24, 2.45) is 5.92 Å². The fourth-order valence-electron chi connectivity index (χ4n) is 10.2. The van der Waals surface area contributed by atoms with Gasteiger partial charge in [0.2, 0.25) is 0 Å². The highest BCUT2D eigenvalue weighted by molar-refractivity contribution is 7.26. The van der Waals surface area contributed by atoms with Crippen LogP contribution in [0.2, 0.25) is 0 Å². The van der Waals surface area contributed by atoms with Gasteiger partial charge in [0.1, 0.15) is 11.5 Å². The molecule has 220 valence electrons. The van der Waals surface area contributed by atoms with Crippen molar-refractivity contribution in [1.82, 2.24) is 0 Å². The van der Waals surface area contributed by atoms with Crippen LogP contribution in [0.3, 0.4) is 0 Å². The normalized spacial score (nSPS) is 25.7. The molecule has 0 unspecified atom stereocenters. The molecule has 0 atom stereocenters. The summed E-state index contributed by atoms with van der Waals surface area (Å²) in [6.45, 7) is 16.9. The average Bonchev–Trinajstić information content (AvgIpc) is 3.42. The number of fused-ring (bicyclic) bond motifs is 10. The Labute approximate surface area is 261 Å². The van der Waals surface area contributed by atoms with Crippen molar-refractivity contribution in [3.63, 3.8) is 0 Å². The molecule has 43 heavy (non-hydrogen) atoms. The van der Waals surface area contributed by atoms with Gasteiger partial charge in [-0.05, 0) is 130 Å². The number of ether oxygens (including phenoxy) is 1. The number of nitrogens with zero attached hydrogens (tertiary/aromatic N) is 1. The molecule has 0 radical (unpaired) electrons. The molecule has 3 heterocycles. The third-order valence-corrected chi connectivity index (χ3v) is 13.3. The van der Waals surface area contributed by atoms with E-state index in [-0.39, 0.29) is 28.5 Å². The smallest absolute Gasteiger partial charge is 0.258 e. The molecule has 0 N–H and O–H groups in total. The molecule has 10 rings (SSSR count). The van der Waals surface area contributed by atoms with Crippen molar-refractivity contribution >= 4 is 55.2 Å². The van der Waals surface area contributed by atoms with Crippen molar-refractivity contribution in [2.75, 3.05) is 4.90 Å². The second-order valence-electron chi connectivity index (χ2n) is 16.9. The second-order valence-corrected chi connectivity index (χ2v) is 18.0. The fraction of sp³-hybridized carbons (Fsp3) is 0.487. The largest absolute Gasteiger partial charge is 0.458 e. The van der Waals surface area contributed by atoms with E-state index in [0.717, 1.165) is 17.4 Å². The minimum Gasteiger partial charge on any atom is -0.458 e. The van der Waals surface area contributed by atoms with E-state index in [1.165, 1.54) is 98.8 Å².